The van der Waals surface area contributed by atoms with Crippen LogP contribution in [0, 0.1) is 22.7 Å². The molecule has 94 valence electrons. The Morgan fingerprint density at radius 2 is 2.06 bits per heavy atom. The van der Waals surface area contributed by atoms with Crippen molar-refractivity contribution in [2.24, 2.45) is 11.3 Å². The molecule has 0 spiro atoms. The topological polar surface area (TPSA) is 47.3 Å². The number of rotatable bonds is 2. The molecule has 2 fully saturated rings. The minimum absolute atomic E-state index is 0.0717. The van der Waals surface area contributed by atoms with Gasteiger partial charge in [0, 0.05) is 19.1 Å². The van der Waals surface area contributed by atoms with E-state index in [1.807, 2.05) is 4.90 Å². The van der Waals surface area contributed by atoms with Crippen molar-refractivity contribution >= 4 is 5.91 Å². The number of hydrogen-bond acceptors (Lipinski definition) is 3. The van der Waals surface area contributed by atoms with Crippen LogP contribution in [0.15, 0.2) is 0 Å². The molecular formula is C13H21N3O. The number of hydrogen-bond donors (Lipinski definition) is 0. The zero-order valence-electron chi connectivity index (χ0n) is 10.9. The highest BCUT2D eigenvalue weighted by molar-refractivity contribution is 5.86. The fraction of sp³-hybridized carbons (Fsp3) is 0.846. The average molecular weight is 235 g/mol. The third kappa shape index (κ3) is 1.93. The lowest BCUT2D eigenvalue weighted by atomic mass is 9.69. The zero-order valence-corrected chi connectivity index (χ0v) is 10.9. The Morgan fingerprint density at radius 1 is 1.41 bits per heavy atom. The highest BCUT2D eigenvalue weighted by Gasteiger charge is 2.49. The van der Waals surface area contributed by atoms with Gasteiger partial charge in [-0.2, -0.15) is 5.26 Å². The molecule has 1 heterocycles. The lowest BCUT2D eigenvalue weighted by molar-refractivity contribution is -0.142. The maximum atomic E-state index is 12.4. The van der Waals surface area contributed by atoms with Gasteiger partial charge in [0.25, 0.3) is 0 Å². The Morgan fingerprint density at radius 3 is 2.41 bits per heavy atom. The molecule has 2 rings (SSSR count). The quantitative estimate of drug-likeness (QED) is 0.720. The molecule has 0 aromatic rings. The number of likely N-dealkylation sites (N-methyl/N-ethyl adjacent to an activating group) is 1. The number of nitrogens with zero attached hydrogens (tertiary/aromatic N) is 3. The summed E-state index contributed by atoms with van der Waals surface area (Å²) in [6.45, 7) is 3.75. The summed E-state index contributed by atoms with van der Waals surface area (Å²) in [5.41, 5.74) is -0.680. The van der Waals surface area contributed by atoms with E-state index in [-0.39, 0.29) is 5.91 Å². The van der Waals surface area contributed by atoms with E-state index in [0.29, 0.717) is 12.0 Å². The van der Waals surface area contributed by atoms with Gasteiger partial charge in [0.15, 0.2) is 0 Å². The molecule has 1 saturated heterocycles. The second-order valence-electron chi connectivity index (χ2n) is 5.77. The molecule has 4 heteroatoms. The van der Waals surface area contributed by atoms with Crippen molar-refractivity contribution < 1.29 is 4.79 Å². The van der Waals surface area contributed by atoms with Gasteiger partial charge in [-0.3, -0.25) is 4.79 Å². The summed E-state index contributed by atoms with van der Waals surface area (Å²) in [7, 11) is 4.11. The first kappa shape index (κ1) is 12.4. The second-order valence-corrected chi connectivity index (χ2v) is 5.77. The molecule has 0 N–H and O–H groups in total. The summed E-state index contributed by atoms with van der Waals surface area (Å²) < 4.78 is 0. The minimum Gasteiger partial charge on any atom is -0.339 e. The van der Waals surface area contributed by atoms with Crippen LogP contribution < -0.4 is 0 Å². The molecular weight excluding hydrogens is 214 g/mol. The molecule has 0 aromatic heterocycles. The molecule has 0 aromatic carbocycles. The van der Waals surface area contributed by atoms with Gasteiger partial charge in [0.1, 0.15) is 5.41 Å². The molecule has 0 bridgehead atoms. The van der Waals surface area contributed by atoms with Crippen LogP contribution in [-0.2, 0) is 4.79 Å². The highest BCUT2D eigenvalue weighted by atomic mass is 16.2. The monoisotopic (exact) mass is 235 g/mol. The van der Waals surface area contributed by atoms with Gasteiger partial charge in [0.2, 0.25) is 5.91 Å². The van der Waals surface area contributed by atoms with E-state index in [1.165, 1.54) is 0 Å². The summed E-state index contributed by atoms with van der Waals surface area (Å²) in [5, 5.41) is 9.20. The van der Waals surface area contributed by atoms with E-state index in [2.05, 4.69) is 32.0 Å². The smallest absolute Gasteiger partial charge is 0.243 e. The third-order valence-corrected chi connectivity index (χ3v) is 4.35. The average Bonchev–Trinajstić information content (AvgIpc) is 2.59. The molecule has 1 aliphatic carbocycles. The first-order chi connectivity index (χ1) is 8.00. The fourth-order valence-corrected chi connectivity index (χ4v) is 2.99. The SMILES string of the molecule is CC1CN(C(=O)C2(C#N)CCC2)CC1N(C)C. The van der Waals surface area contributed by atoms with Gasteiger partial charge >= 0.3 is 0 Å². The maximum Gasteiger partial charge on any atom is 0.243 e. The van der Waals surface area contributed by atoms with Crippen LogP contribution in [0.4, 0.5) is 0 Å². The van der Waals surface area contributed by atoms with E-state index in [0.717, 1.165) is 32.4 Å². The minimum atomic E-state index is -0.680. The summed E-state index contributed by atoms with van der Waals surface area (Å²) in [5.74, 6) is 0.562. The molecule has 4 nitrogen and oxygen atoms in total. The van der Waals surface area contributed by atoms with Crippen molar-refractivity contribution in [3.8, 4) is 6.07 Å². The van der Waals surface area contributed by atoms with Crippen molar-refractivity contribution in [2.45, 2.75) is 32.2 Å². The van der Waals surface area contributed by atoms with Crippen molar-refractivity contribution in [2.75, 3.05) is 27.2 Å². The van der Waals surface area contributed by atoms with E-state index >= 15 is 0 Å². The van der Waals surface area contributed by atoms with Crippen LogP contribution in [0.1, 0.15) is 26.2 Å². The van der Waals surface area contributed by atoms with Crippen LogP contribution in [0.3, 0.4) is 0 Å². The van der Waals surface area contributed by atoms with E-state index < -0.39 is 5.41 Å². The number of amides is 1. The molecule has 1 saturated carbocycles. The molecule has 0 radical (unpaired) electrons. The standard InChI is InChI=1S/C13H21N3O/c1-10-7-16(8-11(10)15(2)3)12(17)13(9-14)5-4-6-13/h10-11H,4-8H2,1-3H3. The Bertz CT molecular complexity index is 354. The summed E-state index contributed by atoms with van der Waals surface area (Å²) in [4.78, 5) is 16.5. The van der Waals surface area contributed by atoms with Gasteiger partial charge < -0.3 is 9.80 Å². The Balaban J connectivity index is 2.06. The maximum absolute atomic E-state index is 12.4. The number of nitriles is 1. The van der Waals surface area contributed by atoms with Crippen molar-refractivity contribution in [1.82, 2.24) is 9.80 Å². The molecule has 1 amide bonds. The van der Waals surface area contributed by atoms with Crippen LogP contribution in [0.5, 0.6) is 0 Å². The first-order valence-corrected chi connectivity index (χ1v) is 6.37. The summed E-state index contributed by atoms with van der Waals surface area (Å²) in [6, 6.07) is 2.67. The van der Waals surface area contributed by atoms with Gasteiger partial charge in [-0.25, -0.2) is 0 Å². The molecule has 17 heavy (non-hydrogen) atoms. The van der Waals surface area contributed by atoms with Gasteiger partial charge in [-0.05, 0) is 39.3 Å². The van der Waals surface area contributed by atoms with Crippen molar-refractivity contribution in [3.63, 3.8) is 0 Å². The van der Waals surface area contributed by atoms with E-state index in [9.17, 15) is 10.1 Å². The van der Waals surface area contributed by atoms with E-state index in [1.54, 1.807) is 0 Å². The number of likely N-dealkylation sites (tertiary alicyclic amines) is 1. The van der Waals surface area contributed by atoms with Gasteiger partial charge in [0.05, 0.1) is 6.07 Å². The van der Waals surface area contributed by atoms with Crippen molar-refractivity contribution in [1.29, 1.82) is 5.26 Å². The molecule has 2 unspecified atom stereocenters. The third-order valence-electron chi connectivity index (χ3n) is 4.35. The van der Waals surface area contributed by atoms with E-state index in [4.69, 9.17) is 0 Å². The molecule has 2 atom stereocenters. The second kappa shape index (κ2) is 4.30. The Kier molecular flexibility index (Phi) is 3.13. The van der Waals surface area contributed by atoms with Crippen molar-refractivity contribution in [3.05, 3.63) is 0 Å². The number of carbonyl (C=O) groups excluding carboxylic acids is 1. The summed E-state index contributed by atoms with van der Waals surface area (Å²) >= 11 is 0. The first-order valence-electron chi connectivity index (χ1n) is 6.37. The van der Waals surface area contributed by atoms with Crippen LogP contribution in [0.25, 0.3) is 0 Å². The lowest BCUT2D eigenvalue weighted by Crippen LogP contribution is -2.47. The summed E-state index contributed by atoms with van der Waals surface area (Å²) in [6.07, 6.45) is 2.51. The lowest BCUT2D eigenvalue weighted by Gasteiger charge is -2.36. The van der Waals surface area contributed by atoms with Crippen LogP contribution in [0.2, 0.25) is 0 Å². The zero-order chi connectivity index (χ0) is 12.6. The normalized spacial score (nSPS) is 31.1. The fourth-order valence-electron chi connectivity index (χ4n) is 2.99. The van der Waals surface area contributed by atoms with Crippen LogP contribution >= 0.6 is 0 Å². The number of carbonyl (C=O) groups is 1. The molecule has 1 aliphatic heterocycles. The molecule has 2 aliphatic rings. The van der Waals surface area contributed by atoms with Crippen LogP contribution in [-0.4, -0.2) is 48.9 Å². The van der Waals surface area contributed by atoms with Gasteiger partial charge in [-0.15, -0.1) is 0 Å². The highest BCUT2D eigenvalue weighted by Crippen LogP contribution is 2.42. The largest absolute Gasteiger partial charge is 0.339 e. The van der Waals surface area contributed by atoms with Gasteiger partial charge in [-0.1, -0.05) is 6.92 Å². The predicted octanol–water partition coefficient (Wildman–Crippen LogP) is 1.09. The Hall–Kier alpha value is -1.08. The Labute approximate surface area is 103 Å². The predicted molar refractivity (Wildman–Crippen MR) is 65.1 cm³/mol.